The third-order valence-corrected chi connectivity index (χ3v) is 5.66. The Morgan fingerprint density at radius 2 is 2.00 bits per heavy atom. The molecule has 1 heterocycles. The number of halogens is 1. The first-order chi connectivity index (χ1) is 14.5. The monoisotopic (exact) mass is 430 g/mol. The van der Waals surface area contributed by atoms with Crippen molar-refractivity contribution >= 4 is 17.5 Å². The summed E-state index contributed by atoms with van der Waals surface area (Å²) in [7, 11) is 0. The van der Waals surface area contributed by atoms with Crippen LogP contribution in [0.5, 0.6) is 5.75 Å². The fourth-order valence-electron chi connectivity index (χ4n) is 3.68. The molecule has 1 aliphatic heterocycles. The van der Waals surface area contributed by atoms with Crippen LogP contribution in [0.4, 0.5) is 0 Å². The van der Waals surface area contributed by atoms with E-state index in [9.17, 15) is 4.79 Å². The van der Waals surface area contributed by atoms with Gasteiger partial charge in [0.05, 0.1) is 5.70 Å². The molecule has 0 bridgehead atoms. The summed E-state index contributed by atoms with van der Waals surface area (Å²) in [5, 5.41) is 4.33. The lowest BCUT2D eigenvalue weighted by molar-refractivity contribution is -0.136. The van der Waals surface area contributed by atoms with E-state index in [0.29, 0.717) is 16.8 Å². The van der Waals surface area contributed by atoms with E-state index in [1.807, 2.05) is 49.1 Å². The van der Waals surface area contributed by atoms with Crippen molar-refractivity contribution in [3.8, 4) is 5.75 Å². The number of carbonyl (C=O) groups excluding carboxylic acids is 1. The molecule has 1 atom stereocenters. The molecule has 4 nitrogen and oxygen atoms in total. The van der Waals surface area contributed by atoms with E-state index in [4.69, 9.17) is 16.3 Å². The maximum absolute atomic E-state index is 12.6. The summed E-state index contributed by atoms with van der Waals surface area (Å²) in [5.41, 5.74) is 1.00. The maximum Gasteiger partial charge on any atom is 0.225 e. The number of piperidine rings is 1. The maximum atomic E-state index is 12.6. The number of hydrogen-bond acceptors (Lipinski definition) is 3. The van der Waals surface area contributed by atoms with Crippen LogP contribution in [0.15, 0.2) is 60.5 Å². The number of rotatable bonds is 10. The Hall–Kier alpha value is -2.20. The lowest BCUT2D eigenvalue weighted by atomic mass is 10.00. The Morgan fingerprint density at radius 1 is 1.33 bits per heavy atom. The summed E-state index contributed by atoms with van der Waals surface area (Å²) in [6, 6.07) is 7.62. The molecule has 0 radical (unpaired) electrons. The quantitative estimate of drug-likeness (QED) is 0.277. The van der Waals surface area contributed by atoms with E-state index in [-0.39, 0.29) is 11.8 Å². The van der Waals surface area contributed by atoms with Gasteiger partial charge in [0.15, 0.2) is 0 Å². The fourth-order valence-corrected chi connectivity index (χ4v) is 3.81. The van der Waals surface area contributed by atoms with E-state index < -0.39 is 0 Å². The molecule has 1 aromatic carbocycles. The van der Waals surface area contributed by atoms with Gasteiger partial charge in [-0.1, -0.05) is 50.6 Å². The zero-order chi connectivity index (χ0) is 21.9. The standard InChI is InChI=1S/C25H35ClN2O2/c1-5-8-10-23(24(7-3)30-22-13-11-20(26)12-14-22)27-21-15-17-28(18-16-21)25(29)19(4)9-6-2/h5,7-8,11-14,19,21,27H,3,6,9-10,15-18H2,1-2,4H3/b8-5-,24-23-. The molecule has 1 fully saturated rings. The molecular weight excluding hydrogens is 396 g/mol. The van der Waals surface area contributed by atoms with E-state index in [2.05, 4.69) is 24.9 Å². The van der Waals surface area contributed by atoms with Gasteiger partial charge >= 0.3 is 0 Å². The number of amides is 1. The third-order valence-electron chi connectivity index (χ3n) is 5.41. The Bertz CT molecular complexity index is 747. The van der Waals surface area contributed by atoms with Crippen LogP contribution in [0.25, 0.3) is 0 Å². The number of nitrogens with zero attached hydrogens (tertiary/aromatic N) is 1. The lowest BCUT2D eigenvalue weighted by Gasteiger charge is -2.35. The van der Waals surface area contributed by atoms with Crippen LogP contribution < -0.4 is 10.1 Å². The van der Waals surface area contributed by atoms with Gasteiger partial charge in [0.25, 0.3) is 0 Å². The van der Waals surface area contributed by atoms with Gasteiger partial charge in [-0.3, -0.25) is 4.79 Å². The first-order valence-corrected chi connectivity index (χ1v) is 11.3. The third kappa shape index (κ3) is 7.24. The normalized spacial score (nSPS) is 16.9. The van der Waals surface area contributed by atoms with E-state index in [0.717, 1.165) is 56.6 Å². The van der Waals surface area contributed by atoms with Gasteiger partial charge in [-0.2, -0.15) is 0 Å². The highest BCUT2D eigenvalue weighted by atomic mass is 35.5. The fraction of sp³-hybridized carbons (Fsp3) is 0.480. The van der Waals surface area contributed by atoms with E-state index in [1.54, 1.807) is 6.08 Å². The van der Waals surface area contributed by atoms with Crippen molar-refractivity contribution in [1.29, 1.82) is 0 Å². The molecule has 0 aliphatic carbocycles. The average Bonchev–Trinajstić information content (AvgIpc) is 2.76. The Morgan fingerprint density at radius 3 is 2.57 bits per heavy atom. The number of allylic oxidation sites excluding steroid dienone is 3. The molecule has 1 N–H and O–H groups in total. The number of nitrogens with one attached hydrogen (secondary N) is 1. The average molecular weight is 431 g/mol. The molecule has 30 heavy (non-hydrogen) atoms. The second kappa shape index (κ2) is 12.5. The summed E-state index contributed by atoms with van der Waals surface area (Å²) in [6.45, 7) is 11.7. The molecule has 0 saturated carbocycles. The Kier molecular flexibility index (Phi) is 10.0. The number of ether oxygens (including phenoxy) is 1. The highest BCUT2D eigenvalue weighted by molar-refractivity contribution is 6.30. The van der Waals surface area contributed by atoms with Crippen LogP contribution in [-0.4, -0.2) is 29.9 Å². The van der Waals surface area contributed by atoms with Crippen molar-refractivity contribution in [2.75, 3.05) is 13.1 Å². The van der Waals surface area contributed by atoms with Gasteiger partial charge in [0.1, 0.15) is 11.5 Å². The number of hydrogen-bond donors (Lipinski definition) is 1. The molecule has 1 saturated heterocycles. The smallest absolute Gasteiger partial charge is 0.225 e. The van der Waals surface area contributed by atoms with Crippen molar-refractivity contribution in [2.24, 2.45) is 5.92 Å². The van der Waals surface area contributed by atoms with Gasteiger partial charge in [-0.05, 0) is 56.5 Å². The van der Waals surface area contributed by atoms with Crippen LogP contribution in [0.3, 0.4) is 0 Å². The summed E-state index contributed by atoms with van der Waals surface area (Å²) in [4.78, 5) is 14.6. The molecule has 1 aromatic rings. The minimum atomic E-state index is 0.116. The molecule has 2 rings (SSSR count). The molecular formula is C25H35ClN2O2. The molecule has 5 heteroatoms. The highest BCUT2D eigenvalue weighted by Crippen LogP contribution is 2.22. The van der Waals surface area contributed by atoms with Crippen molar-refractivity contribution in [2.45, 2.75) is 58.9 Å². The van der Waals surface area contributed by atoms with E-state index >= 15 is 0 Å². The zero-order valence-electron chi connectivity index (χ0n) is 18.5. The van der Waals surface area contributed by atoms with Crippen molar-refractivity contribution in [3.63, 3.8) is 0 Å². The zero-order valence-corrected chi connectivity index (χ0v) is 19.3. The molecule has 0 aromatic heterocycles. The second-order valence-electron chi connectivity index (χ2n) is 7.81. The second-order valence-corrected chi connectivity index (χ2v) is 8.25. The molecule has 164 valence electrons. The number of benzene rings is 1. The van der Waals surface area contributed by atoms with Crippen LogP contribution in [0, 0.1) is 5.92 Å². The summed E-state index contributed by atoms with van der Waals surface area (Å²) >= 11 is 5.98. The first kappa shape index (κ1) is 24.1. The van der Waals surface area contributed by atoms with Crippen molar-refractivity contribution < 1.29 is 9.53 Å². The predicted molar refractivity (Wildman–Crippen MR) is 126 cm³/mol. The van der Waals surface area contributed by atoms with Gasteiger partial charge in [-0.25, -0.2) is 0 Å². The topological polar surface area (TPSA) is 41.6 Å². The molecule has 1 unspecified atom stereocenters. The van der Waals surface area contributed by atoms with E-state index in [1.165, 1.54) is 0 Å². The van der Waals surface area contributed by atoms with Crippen molar-refractivity contribution in [3.05, 3.63) is 65.6 Å². The van der Waals surface area contributed by atoms with Gasteiger partial charge in [0.2, 0.25) is 5.91 Å². The predicted octanol–water partition coefficient (Wildman–Crippen LogP) is 6.10. The van der Waals surface area contributed by atoms with Gasteiger partial charge in [0, 0.05) is 36.5 Å². The Balaban J connectivity index is 2.05. The number of likely N-dealkylation sites (tertiary alicyclic amines) is 1. The molecule has 1 amide bonds. The lowest BCUT2D eigenvalue weighted by Crippen LogP contribution is -2.46. The highest BCUT2D eigenvalue weighted by Gasteiger charge is 2.26. The van der Waals surface area contributed by atoms with Crippen LogP contribution in [-0.2, 0) is 4.79 Å². The van der Waals surface area contributed by atoms with Crippen molar-refractivity contribution in [1.82, 2.24) is 10.2 Å². The summed E-state index contributed by atoms with van der Waals surface area (Å²) in [5.74, 6) is 1.84. The molecule has 1 aliphatic rings. The Labute approximate surface area is 186 Å². The summed E-state index contributed by atoms with van der Waals surface area (Å²) in [6.07, 6.45) is 10.5. The largest absolute Gasteiger partial charge is 0.456 e. The summed E-state index contributed by atoms with van der Waals surface area (Å²) < 4.78 is 6.08. The minimum absolute atomic E-state index is 0.116. The van der Waals surface area contributed by atoms with Crippen LogP contribution in [0.1, 0.15) is 52.9 Å². The van der Waals surface area contributed by atoms with Gasteiger partial charge < -0.3 is 15.0 Å². The van der Waals surface area contributed by atoms with Crippen LogP contribution in [0.2, 0.25) is 5.02 Å². The number of carbonyl (C=O) groups is 1. The molecule has 0 spiro atoms. The van der Waals surface area contributed by atoms with Gasteiger partial charge in [-0.15, -0.1) is 0 Å². The first-order valence-electron chi connectivity index (χ1n) is 10.9. The minimum Gasteiger partial charge on any atom is -0.456 e. The van der Waals surface area contributed by atoms with Crippen LogP contribution >= 0.6 is 11.6 Å². The SMILES string of the molecule is C=C/C(Oc1ccc(Cl)cc1)=C(\C/C=C\C)NC1CCN(C(=O)C(C)CCC)CC1.